The molecule has 1 unspecified atom stereocenters. The van der Waals surface area contributed by atoms with Crippen LogP contribution in [0.2, 0.25) is 5.02 Å². The predicted octanol–water partition coefficient (Wildman–Crippen LogP) is 8.76. The van der Waals surface area contributed by atoms with Crippen molar-refractivity contribution in [3.8, 4) is 5.75 Å². The number of nitrogens with zero attached hydrogens (tertiary/aromatic N) is 4. The molecule has 52 heavy (non-hydrogen) atoms. The highest BCUT2D eigenvalue weighted by atomic mass is 35.5. The summed E-state index contributed by atoms with van der Waals surface area (Å²) in [6, 6.07) is 8.53. The van der Waals surface area contributed by atoms with Crippen molar-refractivity contribution in [3.05, 3.63) is 113 Å². The van der Waals surface area contributed by atoms with Crippen molar-refractivity contribution in [2.45, 2.75) is 78.0 Å². The summed E-state index contributed by atoms with van der Waals surface area (Å²) in [6.07, 6.45) is 23.1. The molecule has 10 heteroatoms. The molecule has 1 saturated heterocycles. The summed E-state index contributed by atoms with van der Waals surface area (Å²) in [5.41, 5.74) is 5.34. The van der Waals surface area contributed by atoms with Crippen LogP contribution in [0.4, 0.5) is 10.1 Å². The van der Waals surface area contributed by atoms with E-state index in [1.807, 2.05) is 25.1 Å². The third-order valence-electron chi connectivity index (χ3n) is 9.43. The molecule has 1 atom stereocenters. The molecule has 2 aromatic rings. The Bertz CT molecular complexity index is 1630. The van der Waals surface area contributed by atoms with Crippen molar-refractivity contribution in [2.75, 3.05) is 51.8 Å². The summed E-state index contributed by atoms with van der Waals surface area (Å²) in [7, 11) is 2.28. The number of aliphatic hydroxyl groups is 1. The Morgan fingerprint density at radius 2 is 2.02 bits per heavy atom. The van der Waals surface area contributed by atoms with Gasteiger partial charge in [0.15, 0.2) is 0 Å². The van der Waals surface area contributed by atoms with E-state index in [4.69, 9.17) is 21.3 Å². The maximum absolute atomic E-state index is 12.1. The molecule has 0 spiro atoms. The summed E-state index contributed by atoms with van der Waals surface area (Å²) in [5, 5.41) is 18.4. The van der Waals surface area contributed by atoms with Gasteiger partial charge in [0, 0.05) is 48.5 Å². The smallest absolute Gasteiger partial charge is 0.138 e. The lowest BCUT2D eigenvalue weighted by Crippen LogP contribution is -2.46. The first-order chi connectivity index (χ1) is 25.2. The number of aliphatic imine (C=N–C) groups is 1. The number of unbranched alkanes of at least 4 members (excludes halogenated alkanes) is 2. The van der Waals surface area contributed by atoms with Crippen LogP contribution in [0.3, 0.4) is 0 Å². The fraction of sp³-hybridized carbons (Fsp3) is 0.452. The summed E-state index contributed by atoms with van der Waals surface area (Å²) < 4.78 is 19.8. The number of ether oxygens (including phenoxy) is 1. The number of anilines is 1. The van der Waals surface area contributed by atoms with E-state index in [-0.39, 0.29) is 5.83 Å². The highest BCUT2D eigenvalue weighted by Gasteiger charge is 2.24. The quantitative estimate of drug-likeness (QED) is 0.126. The van der Waals surface area contributed by atoms with Gasteiger partial charge in [-0.15, -0.1) is 0 Å². The van der Waals surface area contributed by atoms with Crippen LogP contribution in [0, 0.1) is 0 Å². The number of hydrogen-bond donors (Lipinski definition) is 3. The van der Waals surface area contributed by atoms with Gasteiger partial charge in [0.25, 0.3) is 0 Å². The largest absolute Gasteiger partial charge is 0.492 e. The van der Waals surface area contributed by atoms with Crippen LogP contribution in [-0.2, 0) is 6.54 Å². The molecule has 3 N–H and O–H groups in total. The summed E-state index contributed by atoms with van der Waals surface area (Å²) >= 11 is 6.42. The Hall–Kier alpha value is -3.89. The van der Waals surface area contributed by atoms with E-state index in [9.17, 15) is 9.50 Å². The van der Waals surface area contributed by atoms with Crippen LogP contribution in [0.5, 0.6) is 5.75 Å². The molecular formula is C42H58ClFN6O2. The van der Waals surface area contributed by atoms with Gasteiger partial charge in [0.05, 0.1) is 17.7 Å². The highest BCUT2D eigenvalue weighted by Crippen LogP contribution is 2.30. The minimum Gasteiger partial charge on any atom is -0.492 e. The number of likely N-dealkylation sites (tertiary alicyclic amines) is 1. The second-order valence-corrected chi connectivity index (χ2v) is 13.8. The number of halogens is 2. The van der Waals surface area contributed by atoms with Crippen LogP contribution in [0.25, 0.3) is 5.57 Å². The minimum atomic E-state index is -0.394. The standard InChI is InChI=1S/C35H49ClN6O2.C7H9F/c1-4-6-7-17-40(3)29-15-19-41(20-16-29)23-30(43)24-42-18-14-27(22-42)26-8-11-31-33(12-9-26)37-25-38-35(31)39-28-10-13-34(44-5-2)32(36)21-28;1-3-5-7(8)6-4-2/h9-14,18,21-22,29-30,37,43H,4-8,15-17,19-20,23-25H2,1-3H3,(H,38,39);3-6H,1H2,2H3/b;6-4-,7-5+. The zero-order chi connectivity index (χ0) is 37.3. The lowest BCUT2D eigenvalue weighted by Gasteiger charge is -2.37. The van der Waals surface area contributed by atoms with Crippen LogP contribution in [0.15, 0.2) is 108 Å². The van der Waals surface area contributed by atoms with E-state index in [0.717, 1.165) is 48.8 Å². The van der Waals surface area contributed by atoms with E-state index < -0.39 is 6.10 Å². The predicted molar refractivity (Wildman–Crippen MR) is 217 cm³/mol. The third-order valence-corrected chi connectivity index (χ3v) is 9.73. The molecule has 3 aliphatic rings. The zero-order valence-electron chi connectivity index (χ0n) is 31.5. The first-order valence-electron chi connectivity index (χ1n) is 18.7. The van der Waals surface area contributed by atoms with Crippen molar-refractivity contribution >= 4 is 28.7 Å². The first-order valence-corrected chi connectivity index (χ1v) is 19.1. The number of amidine groups is 1. The summed E-state index contributed by atoms with van der Waals surface area (Å²) in [6.45, 7) is 15.0. The number of allylic oxidation sites excluding steroid dienone is 9. The van der Waals surface area contributed by atoms with Crippen molar-refractivity contribution in [1.29, 1.82) is 0 Å². The molecule has 1 aromatic heterocycles. The normalized spacial score (nSPS) is 17.5. The van der Waals surface area contributed by atoms with Crippen LogP contribution in [-0.4, -0.2) is 84.0 Å². The molecule has 0 saturated carbocycles. The second kappa shape index (κ2) is 21.6. The number of nitrogens with one attached hydrogen (secondary N) is 2. The Morgan fingerprint density at radius 1 is 1.21 bits per heavy atom. The lowest BCUT2D eigenvalue weighted by atomic mass is 10.0. The molecule has 3 heterocycles. The van der Waals surface area contributed by atoms with Crippen LogP contribution in [0.1, 0.15) is 64.9 Å². The van der Waals surface area contributed by atoms with E-state index in [1.54, 1.807) is 13.0 Å². The van der Waals surface area contributed by atoms with Gasteiger partial charge in [-0.2, -0.15) is 0 Å². The lowest BCUT2D eigenvalue weighted by molar-refractivity contribution is 0.0660. The second-order valence-electron chi connectivity index (χ2n) is 13.4. The molecule has 0 bridgehead atoms. The van der Waals surface area contributed by atoms with Crippen molar-refractivity contribution in [3.63, 3.8) is 0 Å². The van der Waals surface area contributed by atoms with Crippen LogP contribution < -0.4 is 15.4 Å². The van der Waals surface area contributed by atoms with Gasteiger partial charge in [0.1, 0.15) is 24.1 Å². The highest BCUT2D eigenvalue weighted by molar-refractivity contribution is 6.32. The average molecular weight is 733 g/mol. The molecule has 0 radical (unpaired) electrons. The van der Waals surface area contributed by atoms with Gasteiger partial charge in [-0.1, -0.05) is 62.2 Å². The van der Waals surface area contributed by atoms with Crippen molar-refractivity contribution in [2.24, 2.45) is 4.99 Å². The SMILES string of the molecule is C=C/C=C(F)\C=C/C.CCCCCN(C)C1CCN(CC(O)Cn2ccc(C3=CC=C4NCN=C(Nc5ccc(OCC)c(Cl)c5)C4=CC3)c2)CC1. The van der Waals surface area contributed by atoms with Gasteiger partial charge >= 0.3 is 0 Å². The number of aromatic nitrogens is 1. The zero-order valence-corrected chi connectivity index (χ0v) is 32.2. The monoisotopic (exact) mass is 732 g/mol. The molecule has 8 nitrogen and oxygen atoms in total. The first kappa shape index (κ1) is 40.9. The summed E-state index contributed by atoms with van der Waals surface area (Å²) in [5.74, 6) is 1.23. The number of benzene rings is 1. The molecule has 1 fully saturated rings. The maximum Gasteiger partial charge on any atom is 0.138 e. The topological polar surface area (TPSA) is 77.3 Å². The van der Waals surface area contributed by atoms with Gasteiger partial charge in [-0.3, -0.25) is 0 Å². The molecule has 5 rings (SSSR count). The van der Waals surface area contributed by atoms with Gasteiger partial charge in [-0.05, 0) is 120 Å². The van der Waals surface area contributed by atoms with Crippen molar-refractivity contribution in [1.82, 2.24) is 19.7 Å². The number of fused-ring (bicyclic) bond motifs is 1. The Morgan fingerprint density at radius 3 is 2.73 bits per heavy atom. The molecule has 1 aromatic carbocycles. The van der Waals surface area contributed by atoms with E-state index in [1.165, 1.54) is 68.0 Å². The Kier molecular flexibility index (Phi) is 17.0. The third kappa shape index (κ3) is 12.7. The number of rotatable bonds is 15. The summed E-state index contributed by atoms with van der Waals surface area (Å²) in [4.78, 5) is 9.68. The van der Waals surface area contributed by atoms with E-state index in [2.05, 4.69) is 82.2 Å². The molecule has 282 valence electrons. The van der Waals surface area contributed by atoms with E-state index in [0.29, 0.717) is 36.6 Å². The molecular weight excluding hydrogens is 675 g/mol. The Balaban J connectivity index is 0.000000677. The van der Waals surface area contributed by atoms with Crippen molar-refractivity contribution < 1.29 is 14.2 Å². The molecule has 2 aliphatic heterocycles. The number of hydrogen-bond acceptors (Lipinski definition) is 7. The molecule has 1 aliphatic carbocycles. The van der Waals surface area contributed by atoms with Gasteiger partial charge in [0.2, 0.25) is 0 Å². The number of aliphatic hydroxyl groups excluding tert-OH is 1. The minimum absolute atomic E-state index is 0.262. The average Bonchev–Trinajstić information content (AvgIpc) is 3.47. The Labute approximate surface area is 315 Å². The molecule has 0 amide bonds. The fourth-order valence-electron chi connectivity index (χ4n) is 6.65. The van der Waals surface area contributed by atoms with Crippen LogP contribution >= 0.6 is 11.6 Å². The maximum atomic E-state index is 12.1. The van der Waals surface area contributed by atoms with E-state index >= 15 is 0 Å². The number of piperidine rings is 1. The van der Waals surface area contributed by atoms with Gasteiger partial charge in [-0.25, -0.2) is 9.38 Å². The number of β-amino-alcohol motifs (C(OH)–C–C–N with tert-alkyl or cyclic N) is 1. The fourth-order valence-corrected chi connectivity index (χ4v) is 6.88. The van der Waals surface area contributed by atoms with Gasteiger partial charge < -0.3 is 34.8 Å².